The van der Waals surface area contributed by atoms with Gasteiger partial charge in [0.25, 0.3) is 0 Å². The van der Waals surface area contributed by atoms with Crippen molar-refractivity contribution in [1.82, 2.24) is 9.97 Å². The van der Waals surface area contributed by atoms with Crippen LogP contribution < -0.4 is 4.90 Å². The summed E-state index contributed by atoms with van der Waals surface area (Å²) in [5.41, 5.74) is 2.16. The normalized spacial score (nSPS) is 15.0. The van der Waals surface area contributed by atoms with Crippen molar-refractivity contribution in [2.24, 2.45) is 0 Å². The van der Waals surface area contributed by atoms with Gasteiger partial charge in [0.15, 0.2) is 0 Å². The van der Waals surface area contributed by atoms with E-state index < -0.39 is 0 Å². The summed E-state index contributed by atoms with van der Waals surface area (Å²) in [5.74, 6) is 0.967. The second kappa shape index (κ2) is 4.53. The van der Waals surface area contributed by atoms with Crippen molar-refractivity contribution < 1.29 is 5.11 Å². The third-order valence-corrected chi connectivity index (χ3v) is 3.45. The number of nitrogens with zero attached hydrogens (tertiary/aromatic N) is 3. The fourth-order valence-electron chi connectivity index (χ4n) is 2.43. The average molecular weight is 243 g/mol. The fourth-order valence-corrected chi connectivity index (χ4v) is 2.43. The van der Waals surface area contributed by atoms with Crippen LogP contribution in [-0.2, 0) is 0 Å². The van der Waals surface area contributed by atoms with Gasteiger partial charge in [0.1, 0.15) is 12.1 Å². The predicted molar refractivity (Wildman–Crippen MR) is 71.7 cm³/mol. The van der Waals surface area contributed by atoms with E-state index in [0.717, 1.165) is 16.7 Å². The molecule has 0 saturated heterocycles. The summed E-state index contributed by atoms with van der Waals surface area (Å²) < 4.78 is 0. The van der Waals surface area contributed by atoms with Gasteiger partial charge in [-0.25, -0.2) is 9.97 Å². The Hall–Kier alpha value is -1.68. The Bertz CT molecular complexity index is 561. The smallest absolute Gasteiger partial charge is 0.140 e. The molecular formula is C14H17N3O. The molecule has 1 fully saturated rings. The Labute approximate surface area is 106 Å². The number of aliphatic hydroxyl groups is 1. The van der Waals surface area contributed by atoms with E-state index in [1.165, 1.54) is 18.4 Å². The Balaban J connectivity index is 2.14. The number of hydrogen-bond acceptors (Lipinski definition) is 4. The van der Waals surface area contributed by atoms with Crippen molar-refractivity contribution in [3.63, 3.8) is 0 Å². The second-order valence-electron chi connectivity index (χ2n) is 4.81. The van der Waals surface area contributed by atoms with E-state index in [0.29, 0.717) is 12.6 Å². The lowest BCUT2D eigenvalue weighted by Crippen LogP contribution is -2.30. The first kappa shape index (κ1) is 11.4. The van der Waals surface area contributed by atoms with E-state index in [2.05, 4.69) is 27.9 Å². The zero-order valence-corrected chi connectivity index (χ0v) is 10.5. The third kappa shape index (κ3) is 1.93. The minimum absolute atomic E-state index is 0.161. The number of benzene rings is 1. The van der Waals surface area contributed by atoms with Gasteiger partial charge < -0.3 is 10.0 Å². The Morgan fingerprint density at radius 3 is 2.89 bits per heavy atom. The minimum atomic E-state index is 0.161. The first-order valence-corrected chi connectivity index (χ1v) is 6.39. The zero-order valence-electron chi connectivity index (χ0n) is 10.5. The van der Waals surface area contributed by atoms with Crippen LogP contribution in [0.25, 0.3) is 10.9 Å². The Kier molecular flexibility index (Phi) is 2.88. The molecule has 0 bridgehead atoms. The molecule has 3 rings (SSSR count). The topological polar surface area (TPSA) is 49.2 Å². The molecule has 0 radical (unpaired) electrons. The first-order chi connectivity index (χ1) is 8.81. The summed E-state index contributed by atoms with van der Waals surface area (Å²) in [4.78, 5) is 11.0. The molecule has 94 valence electrons. The lowest BCUT2D eigenvalue weighted by Gasteiger charge is -2.24. The van der Waals surface area contributed by atoms with Gasteiger partial charge in [-0.1, -0.05) is 12.1 Å². The number of rotatable bonds is 4. The molecule has 2 aromatic rings. The highest BCUT2D eigenvalue weighted by molar-refractivity contribution is 5.92. The number of aryl methyl sites for hydroxylation is 1. The van der Waals surface area contributed by atoms with Crippen molar-refractivity contribution in [2.45, 2.75) is 25.8 Å². The molecule has 0 amide bonds. The highest BCUT2D eigenvalue weighted by Crippen LogP contribution is 2.34. The van der Waals surface area contributed by atoms with Crippen LogP contribution in [0.15, 0.2) is 24.5 Å². The molecule has 0 aliphatic heterocycles. The summed E-state index contributed by atoms with van der Waals surface area (Å²) >= 11 is 0. The van der Waals surface area contributed by atoms with Gasteiger partial charge in [-0.2, -0.15) is 0 Å². The standard InChI is InChI=1S/C14H17N3O/c1-10-3-2-4-12-13(10)14(16-9-15-12)17(7-8-18)11-5-6-11/h2-4,9,11,18H,5-8H2,1H3. The van der Waals surface area contributed by atoms with Crippen molar-refractivity contribution in [3.05, 3.63) is 30.1 Å². The molecule has 4 nitrogen and oxygen atoms in total. The van der Waals surface area contributed by atoms with E-state index in [1.807, 2.05) is 12.1 Å². The summed E-state index contributed by atoms with van der Waals surface area (Å²) in [6, 6.07) is 6.65. The monoisotopic (exact) mass is 243 g/mol. The molecule has 0 atom stereocenters. The molecule has 1 aliphatic carbocycles. The Morgan fingerprint density at radius 2 is 2.17 bits per heavy atom. The largest absolute Gasteiger partial charge is 0.395 e. The summed E-state index contributed by atoms with van der Waals surface area (Å²) in [5, 5.41) is 10.3. The predicted octanol–water partition coefficient (Wildman–Crippen LogP) is 1.90. The molecule has 1 aliphatic rings. The van der Waals surface area contributed by atoms with Crippen LogP contribution in [0.2, 0.25) is 0 Å². The SMILES string of the molecule is Cc1cccc2ncnc(N(CCO)C3CC3)c12. The van der Waals surface area contributed by atoms with E-state index in [4.69, 9.17) is 0 Å². The number of anilines is 1. The van der Waals surface area contributed by atoms with Crippen LogP contribution in [0.1, 0.15) is 18.4 Å². The van der Waals surface area contributed by atoms with Crippen LogP contribution in [0.5, 0.6) is 0 Å². The van der Waals surface area contributed by atoms with E-state index in [-0.39, 0.29) is 6.61 Å². The molecule has 0 spiro atoms. The van der Waals surface area contributed by atoms with Gasteiger partial charge in [-0.3, -0.25) is 0 Å². The van der Waals surface area contributed by atoms with Gasteiger partial charge in [-0.05, 0) is 31.4 Å². The first-order valence-electron chi connectivity index (χ1n) is 6.39. The van der Waals surface area contributed by atoms with Crippen molar-refractivity contribution in [1.29, 1.82) is 0 Å². The van der Waals surface area contributed by atoms with Crippen LogP contribution in [0, 0.1) is 6.92 Å². The minimum Gasteiger partial charge on any atom is -0.395 e. The summed E-state index contributed by atoms with van der Waals surface area (Å²) in [6.45, 7) is 2.89. The summed E-state index contributed by atoms with van der Waals surface area (Å²) in [7, 11) is 0. The highest BCUT2D eigenvalue weighted by Gasteiger charge is 2.30. The van der Waals surface area contributed by atoms with Crippen molar-refractivity contribution in [2.75, 3.05) is 18.1 Å². The maximum Gasteiger partial charge on any atom is 0.140 e. The molecule has 0 unspecified atom stereocenters. The van der Waals surface area contributed by atoms with E-state index in [9.17, 15) is 5.11 Å². The quantitative estimate of drug-likeness (QED) is 0.891. The molecule has 1 heterocycles. The van der Waals surface area contributed by atoms with Gasteiger partial charge in [0.05, 0.1) is 12.1 Å². The van der Waals surface area contributed by atoms with Crippen LogP contribution in [-0.4, -0.2) is 34.3 Å². The number of fused-ring (bicyclic) bond motifs is 1. The molecule has 4 heteroatoms. The van der Waals surface area contributed by atoms with Crippen molar-refractivity contribution >= 4 is 16.7 Å². The lowest BCUT2D eigenvalue weighted by atomic mass is 10.1. The average Bonchev–Trinajstić information content (AvgIpc) is 3.20. The van der Waals surface area contributed by atoms with E-state index in [1.54, 1.807) is 6.33 Å². The number of aromatic nitrogens is 2. The van der Waals surface area contributed by atoms with E-state index >= 15 is 0 Å². The second-order valence-corrected chi connectivity index (χ2v) is 4.81. The molecule has 1 aromatic carbocycles. The zero-order chi connectivity index (χ0) is 12.5. The third-order valence-electron chi connectivity index (χ3n) is 3.45. The van der Waals surface area contributed by atoms with Crippen molar-refractivity contribution in [3.8, 4) is 0 Å². The molecule has 1 aromatic heterocycles. The van der Waals surface area contributed by atoms with Gasteiger partial charge >= 0.3 is 0 Å². The summed E-state index contributed by atoms with van der Waals surface area (Å²) in [6.07, 6.45) is 4.00. The van der Waals surface area contributed by atoms with Crippen LogP contribution in [0.4, 0.5) is 5.82 Å². The van der Waals surface area contributed by atoms with Crippen LogP contribution in [0.3, 0.4) is 0 Å². The van der Waals surface area contributed by atoms with Crippen LogP contribution >= 0.6 is 0 Å². The molecular weight excluding hydrogens is 226 g/mol. The number of aliphatic hydroxyl groups excluding tert-OH is 1. The maximum atomic E-state index is 9.23. The lowest BCUT2D eigenvalue weighted by molar-refractivity contribution is 0.301. The van der Waals surface area contributed by atoms with Gasteiger partial charge in [0.2, 0.25) is 0 Å². The molecule has 18 heavy (non-hydrogen) atoms. The number of hydrogen-bond donors (Lipinski definition) is 1. The maximum absolute atomic E-state index is 9.23. The van der Waals surface area contributed by atoms with Gasteiger partial charge in [-0.15, -0.1) is 0 Å². The Morgan fingerprint density at radius 1 is 1.33 bits per heavy atom. The fraction of sp³-hybridized carbons (Fsp3) is 0.429. The van der Waals surface area contributed by atoms with Gasteiger partial charge in [0, 0.05) is 18.0 Å². The highest BCUT2D eigenvalue weighted by atomic mass is 16.3. The molecule has 1 N–H and O–H groups in total. The molecule has 1 saturated carbocycles.